The first-order valence-corrected chi connectivity index (χ1v) is 6.07. The third-order valence-electron chi connectivity index (χ3n) is 2.87. The Balaban J connectivity index is 2.27. The van der Waals surface area contributed by atoms with Crippen LogP contribution in [0.15, 0.2) is 24.4 Å². The summed E-state index contributed by atoms with van der Waals surface area (Å²) in [5, 5.41) is 13.9. The summed E-state index contributed by atoms with van der Waals surface area (Å²) >= 11 is 0. The Labute approximate surface area is 106 Å². The summed E-state index contributed by atoms with van der Waals surface area (Å²) in [7, 11) is 0. The standard InChI is InChI=1S/C14H19FN2O/c1-14(2,3)17-8-12(18)9-5-4-6-11-13(9)10(15)7-16-11/h4-7,12,16-18H,8H2,1-3H3/t12-/m0/s1. The largest absolute Gasteiger partial charge is 0.387 e. The van der Waals surface area contributed by atoms with Crippen molar-refractivity contribution < 1.29 is 9.50 Å². The fourth-order valence-electron chi connectivity index (χ4n) is 1.96. The molecule has 0 saturated carbocycles. The molecule has 98 valence electrons. The van der Waals surface area contributed by atoms with Gasteiger partial charge in [0.2, 0.25) is 0 Å². The monoisotopic (exact) mass is 250 g/mol. The fraction of sp³-hybridized carbons (Fsp3) is 0.429. The second kappa shape index (κ2) is 4.71. The van der Waals surface area contributed by atoms with Gasteiger partial charge in [0.15, 0.2) is 0 Å². The molecule has 0 aliphatic rings. The SMILES string of the molecule is CC(C)(C)NC[C@H](O)c1cccc2[nH]cc(F)c12. The molecule has 1 heterocycles. The molecule has 2 rings (SSSR count). The molecular weight excluding hydrogens is 231 g/mol. The predicted molar refractivity (Wildman–Crippen MR) is 71.0 cm³/mol. The number of aromatic amines is 1. The minimum Gasteiger partial charge on any atom is -0.387 e. The molecule has 0 fully saturated rings. The Morgan fingerprint density at radius 2 is 2.11 bits per heavy atom. The second-order valence-electron chi connectivity index (χ2n) is 5.55. The molecule has 1 atom stereocenters. The van der Waals surface area contributed by atoms with Crippen LogP contribution >= 0.6 is 0 Å². The lowest BCUT2D eigenvalue weighted by Gasteiger charge is -2.23. The zero-order chi connectivity index (χ0) is 13.3. The number of hydrogen-bond acceptors (Lipinski definition) is 2. The van der Waals surface area contributed by atoms with Crippen LogP contribution in [0.2, 0.25) is 0 Å². The van der Waals surface area contributed by atoms with E-state index < -0.39 is 6.10 Å². The lowest BCUT2D eigenvalue weighted by molar-refractivity contribution is 0.164. The van der Waals surface area contributed by atoms with E-state index in [2.05, 4.69) is 10.3 Å². The van der Waals surface area contributed by atoms with E-state index in [1.807, 2.05) is 26.8 Å². The van der Waals surface area contributed by atoms with Crippen LogP contribution in [0.4, 0.5) is 4.39 Å². The van der Waals surface area contributed by atoms with E-state index in [1.165, 1.54) is 6.20 Å². The molecule has 3 nitrogen and oxygen atoms in total. The van der Waals surface area contributed by atoms with Gasteiger partial charge in [-0.15, -0.1) is 0 Å². The lowest BCUT2D eigenvalue weighted by Crippen LogP contribution is -2.38. The molecule has 0 amide bonds. The Kier molecular flexibility index (Phi) is 3.41. The van der Waals surface area contributed by atoms with Gasteiger partial charge in [-0.3, -0.25) is 0 Å². The smallest absolute Gasteiger partial charge is 0.148 e. The van der Waals surface area contributed by atoms with Crippen molar-refractivity contribution >= 4 is 10.9 Å². The topological polar surface area (TPSA) is 48.0 Å². The van der Waals surface area contributed by atoms with Gasteiger partial charge in [-0.1, -0.05) is 12.1 Å². The maximum atomic E-state index is 13.7. The van der Waals surface area contributed by atoms with Gasteiger partial charge in [-0.2, -0.15) is 0 Å². The van der Waals surface area contributed by atoms with Crippen molar-refractivity contribution in [2.24, 2.45) is 0 Å². The second-order valence-corrected chi connectivity index (χ2v) is 5.55. The lowest BCUT2D eigenvalue weighted by atomic mass is 10.0. The average molecular weight is 250 g/mol. The molecule has 0 radical (unpaired) electrons. The molecule has 1 aromatic carbocycles. The minimum atomic E-state index is -0.724. The van der Waals surface area contributed by atoms with Gasteiger partial charge in [-0.25, -0.2) is 4.39 Å². The van der Waals surface area contributed by atoms with Crippen LogP contribution in [0.5, 0.6) is 0 Å². The van der Waals surface area contributed by atoms with E-state index >= 15 is 0 Å². The van der Waals surface area contributed by atoms with Crippen molar-refractivity contribution in [2.75, 3.05) is 6.54 Å². The van der Waals surface area contributed by atoms with Crippen molar-refractivity contribution in [1.29, 1.82) is 0 Å². The van der Waals surface area contributed by atoms with Crippen LogP contribution in [0.1, 0.15) is 32.4 Å². The molecule has 3 N–H and O–H groups in total. The Hall–Kier alpha value is -1.39. The number of aliphatic hydroxyl groups excluding tert-OH is 1. The molecule has 0 saturated heterocycles. The summed E-state index contributed by atoms with van der Waals surface area (Å²) in [6.07, 6.45) is 0.594. The first-order chi connectivity index (χ1) is 8.38. The van der Waals surface area contributed by atoms with E-state index in [0.29, 0.717) is 23.0 Å². The third kappa shape index (κ3) is 2.71. The summed E-state index contributed by atoms with van der Waals surface area (Å²) in [6.45, 7) is 6.47. The number of H-pyrrole nitrogens is 1. The molecule has 2 aromatic rings. The fourth-order valence-corrected chi connectivity index (χ4v) is 1.96. The Morgan fingerprint density at radius 3 is 2.78 bits per heavy atom. The summed E-state index contributed by atoms with van der Waals surface area (Å²) in [4.78, 5) is 2.85. The molecule has 4 heteroatoms. The zero-order valence-corrected chi connectivity index (χ0v) is 10.9. The maximum absolute atomic E-state index is 13.7. The minimum absolute atomic E-state index is 0.0778. The van der Waals surface area contributed by atoms with Crippen molar-refractivity contribution in [1.82, 2.24) is 10.3 Å². The predicted octanol–water partition coefficient (Wildman–Crippen LogP) is 2.73. The van der Waals surface area contributed by atoms with Gasteiger partial charge in [0.25, 0.3) is 0 Å². The van der Waals surface area contributed by atoms with Crippen LogP contribution in [-0.2, 0) is 0 Å². The quantitative estimate of drug-likeness (QED) is 0.784. The van der Waals surface area contributed by atoms with Crippen molar-refractivity contribution in [3.63, 3.8) is 0 Å². The van der Waals surface area contributed by atoms with Crippen molar-refractivity contribution in [3.05, 3.63) is 35.8 Å². The molecule has 0 bridgehead atoms. The molecule has 0 unspecified atom stereocenters. The normalized spacial score (nSPS) is 14.1. The first-order valence-electron chi connectivity index (χ1n) is 6.07. The summed E-state index contributed by atoms with van der Waals surface area (Å²) in [5.74, 6) is -0.324. The highest BCUT2D eigenvalue weighted by atomic mass is 19.1. The zero-order valence-electron chi connectivity index (χ0n) is 10.9. The van der Waals surface area contributed by atoms with E-state index in [1.54, 1.807) is 12.1 Å². The number of benzene rings is 1. The van der Waals surface area contributed by atoms with E-state index in [0.717, 1.165) is 0 Å². The van der Waals surface area contributed by atoms with Gasteiger partial charge in [0, 0.05) is 29.2 Å². The van der Waals surface area contributed by atoms with Crippen LogP contribution in [-0.4, -0.2) is 22.2 Å². The number of aromatic nitrogens is 1. The molecule has 0 aliphatic carbocycles. The highest BCUT2D eigenvalue weighted by Gasteiger charge is 2.17. The molecular formula is C14H19FN2O. The summed E-state index contributed by atoms with van der Waals surface area (Å²) in [6, 6.07) is 5.37. The van der Waals surface area contributed by atoms with Crippen molar-refractivity contribution in [3.8, 4) is 0 Å². The van der Waals surface area contributed by atoms with Crippen LogP contribution in [0.25, 0.3) is 10.9 Å². The van der Waals surface area contributed by atoms with Gasteiger partial charge < -0.3 is 15.4 Å². The number of rotatable bonds is 3. The van der Waals surface area contributed by atoms with Gasteiger partial charge >= 0.3 is 0 Å². The van der Waals surface area contributed by atoms with Gasteiger partial charge in [0.1, 0.15) is 5.82 Å². The Morgan fingerprint density at radius 1 is 1.39 bits per heavy atom. The number of β-amino-alcohol motifs (C(OH)–C–C–N with tert-alkyl or cyclic N) is 1. The summed E-state index contributed by atoms with van der Waals surface area (Å²) < 4.78 is 13.7. The molecule has 0 aliphatic heterocycles. The van der Waals surface area contributed by atoms with Crippen LogP contribution in [0, 0.1) is 5.82 Å². The van der Waals surface area contributed by atoms with Crippen LogP contribution < -0.4 is 5.32 Å². The average Bonchev–Trinajstić information content (AvgIpc) is 2.67. The summed E-state index contributed by atoms with van der Waals surface area (Å²) in [5.41, 5.74) is 1.24. The number of fused-ring (bicyclic) bond motifs is 1. The number of nitrogens with one attached hydrogen (secondary N) is 2. The first kappa shape index (κ1) is 13.1. The van der Waals surface area contributed by atoms with Crippen molar-refractivity contribution in [2.45, 2.75) is 32.4 Å². The maximum Gasteiger partial charge on any atom is 0.148 e. The highest BCUT2D eigenvalue weighted by Crippen LogP contribution is 2.26. The van der Waals surface area contributed by atoms with E-state index in [9.17, 15) is 9.50 Å². The number of hydrogen-bond donors (Lipinski definition) is 3. The van der Waals surface area contributed by atoms with E-state index in [-0.39, 0.29) is 11.4 Å². The highest BCUT2D eigenvalue weighted by molar-refractivity contribution is 5.84. The molecule has 1 aromatic heterocycles. The number of halogens is 1. The third-order valence-corrected chi connectivity index (χ3v) is 2.87. The van der Waals surface area contributed by atoms with E-state index in [4.69, 9.17) is 0 Å². The van der Waals surface area contributed by atoms with Gasteiger partial charge in [0.05, 0.1) is 6.10 Å². The Bertz CT molecular complexity index is 542. The van der Waals surface area contributed by atoms with Crippen LogP contribution in [0.3, 0.4) is 0 Å². The van der Waals surface area contributed by atoms with Gasteiger partial charge in [-0.05, 0) is 32.4 Å². The molecule has 18 heavy (non-hydrogen) atoms. The number of aliphatic hydroxyl groups is 1. The molecule has 0 spiro atoms.